The molecule has 1 heterocycles. The highest BCUT2D eigenvalue weighted by Crippen LogP contribution is 2.17. The van der Waals surface area contributed by atoms with Gasteiger partial charge in [0, 0.05) is 31.9 Å². The first-order valence-corrected chi connectivity index (χ1v) is 6.00. The lowest BCUT2D eigenvalue weighted by Gasteiger charge is -2.36. The van der Waals surface area contributed by atoms with Gasteiger partial charge in [0.15, 0.2) is 0 Å². The third kappa shape index (κ3) is 2.77. The highest BCUT2D eigenvalue weighted by Gasteiger charge is 2.19. The van der Waals surface area contributed by atoms with E-state index in [1.807, 2.05) is 4.90 Å². The van der Waals surface area contributed by atoms with Crippen molar-refractivity contribution in [1.29, 1.82) is 0 Å². The number of hydrogen-bond acceptors (Lipinski definition) is 3. The predicted octanol–water partition coefficient (Wildman–Crippen LogP) is 0.602. The number of nitrogens with zero attached hydrogens (tertiary/aromatic N) is 2. The summed E-state index contributed by atoms with van der Waals surface area (Å²) in [6.07, 6.45) is 0. The molecule has 2 N–H and O–H groups in total. The van der Waals surface area contributed by atoms with Crippen LogP contribution in [0.15, 0.2) is 24.3 Å². The minimum absolute atomic E-state index is 0.0499. The van der Waals surface area contributed by atoms with Crippen molar-refractivity contribution < 1.29 is 4.79 Å². The molecule has 1 aromatic rings. The number of rotatable bonds is 2. The topological polar surface area (TPSA) is 49.6 Å². The van der Waals surface area contributed by atoms with Gasteiger partial charge in [0.25, 0.3) is 0 Å². The van der Waals surface area contributed by atoms with E-state index in [1.54, 1.807) is 0 Å². The van der Waals surface area contributed by atoms with Gasteiger partial charge < -0.3 is 15.5 Å². The summed E-state index contributed by atoms with van der Waals surface area (Å²) >= 11 is 0. The third-order valence-electron chi connectivity index (χ3n) is 3.17. The SMILES string of the molecule is Cc1cccc(N2CCN(C(=O)CN)CC2)c1. The molecule has 0 radical (unpaired) electrons. The maximum atomic E-state index is 11.4. The van der Waals surface area contributed by atoms with Crippen LogP contribution in [0, 0.1) is 6.92 Å². The molecule has 2 rings (SSSR count). The van der Waals surface area contributed by atoms with E-state index in [4.69, 9.17) is 5.73 Å². The Kier molecular flexibility index (Phi) is 3.64. The fourth-order valence-electron chi connectivity index (χ4n) is 2.17. The molecule has 4 heteroatoms. The van der Waals surface area contributed by atoms with Crippen molar-refractivity contribution >= 4 is 11.6 Å². The van der Waals surface area contributed by atoms with Crippen molar-refractivity contribution in [3.8, 4) is 0 Å². The average Bonchev–Trinajstić information content (AvgIpc) is 2.38. The second-order valence-corrected chi connectivity index (χ2v) is 4.41. The normalized spacial score (nSPS) is 16.1. The van der Waals surface area contributed by atoms with Crippen LogP contribution in [0.25, 0.3) is 0 Å². The number of piperazine rings is 1. The predicted molar refractivity (Wildman–Crippen MR) is 69.0 cm³/mol. The monoisotopic (exact) mass is 233 g/mol. The number of aryl methyl sites for hydroxylation is 1. The van der Waals surface area contributed by atoms with Crippen LogP contribution in [0.5, 0.6) is 0 Å². The van der Waals surface area contributed by atoms with Crippen LogP contribution in [0.1, 0.15) is 5.56 Å². The molecule has 0 bridgehead atoms. The van der Waals surface area contributed by atoms with Gasteiger partial charge >= 0.3 is 0 Å². The smallest absolute Gasteiger partial charge is 0.236 e. The molecular formula is C13H19N3O. The van der Waals surface area contributed by atoms with Crippen molar-refractivity contribution in [2.45, 2.75) is 6.92 Å². The van der Waals surface area contributed by atoms with Crippen LogP contribution in [-0.2, 0) is 4.79 Å². The van der Waals surface area contributed by atoms with E-state index in [1.165, 1.54) is 11.3 Å². The van der Waals surface area contributed by atoms with E-state index < -0.39 is 0 Å². The fourth-order valence-corrected chi connectivity index (χ4v) is 2.17. The second-order valence-electron chi connectivity index (χ2n) is 4.41. The number of anilines is 1. The fraction of sp³-hybridized carbons (Fsp3) is 0.462. The zero-order valence-electron chi connectivity index (χ0n) is 10.2. The Morgan fingerprint density at radius 2 is 2.00 bits per heavy atom. The number of benzene rings is 1. The van der Waals surface area contributed by atoms with Crippen molar-refractivity contribution in [2.75, 3.05) is 37.6 Å². The molecule has 1 aliphatic rings. The highest BCUT2D eigenvalue weighted by atomic mass is 16.2. The molecule has 1 amide bonds. The summed E-state index contributed by atoms with van der Waals surface area (Å²) in [7, 11) is 0. The van der Waals surface area contributed by atoms with E-state index in [0.717, 1.165) is 26.2 Å². The molecule has 0 atom stereocenters. The van der Waals surface area contributed by atoms with Gasteiger partial charge in [-0.25, -0.2) is 0 Å². The zero-order chi connectivity index (χ0) is 12.3. The molecule has 1 saturated heterocycles. The first-order valence-electron chi connectivity index (χ1n) is 6.00. The zero-order valence-corrected chi connectivity index (χ0v) is 10.2. The van der Waals surface area contributed by atoms with Crippen LogP contribution in [0.4, 0.5) is 5.69 Å². The molecule has 0 aliphatic carbocycles. The van der Waals surface area contributed by atoms with Crippen LogP contribution in [-0.4, -0.2) is 43.5 Å². The van der Waals surface area contributed by atoms with Gasteiger partial charge in [0.2, 0.25) is 5.91 Å². The van der Waals surface area contributed by atoms with Gasteiger partial charge in [-0.2, -0.15) is 0 Å². The summed E-state index contributed by atoms with van der Waals surface area (Å²) in [5.74, 6) is 0.0499. The standard InChI is InChI=1S/C13H19N3O/c1-11-3-2-4-12(9-11)15-5-7-16(8-6-15)13(17)10-14/h2-4,9H,5-8,10,14H2,1H3. The highest BCUT2D eigenvalue weighted by molar-refractivity contribution is 5.78. The summed E-state index contributed by atoms with van der Waals surface area (Å²) in [5, 5.41) is 0. The summed E-state index contributed by atoms with van der Waals surface area (Å²) in [5.41, 5.74) is 7.87. The molecular weight excluding hydrogens is 214 g/mol. The molecule has 0 saturated carbocycles. The molecule has 0 spiro atoms. The number of nitrogens with two attached hydrogens (primary N) is 1. The van der Waals surface area contributed by atoms with E-state index in [2.05, 4.69) is 36.1 Å². The maximum Gasteiger partial charge on any atom is 0.236 e. The van der Waals surface area contributed by atoms with Crippen molar-refractivity contribution in [2.24, 2.45) is 5.73 Å². The molecule has 17 heavy (non-hydrogen) atoms. The van der Waals surface area contributed by atoms with Gasteiger partial charge in [0.05, 0.1) is 6.54 Å². The Morgan fingerprint density at radius 3 is 2.59 bits per heavy atom. The Balaban J connectivity index is 1.97. The van der Waals surface area contributed by atoms with Gasteiger partial charge in [-0.1, -0.05) is 12.1 Å². The Labute approximate surface area is 102 Å². The largest absolute Gasteiger partial charge is 0.368 e. The number of carbonyl (C=O) groups is 1. The minimum atomic E-state index is 0.0499. The maximum absolute atomic E-state index is 11.4. The lowest BCUT2D eigenvalue weighted by atomic mass is 10.2. The molecule has 1 aromatic carbocycles. The van der Waals surface area contributed by atoms with Crippen LogP contribution >= 0.6 is 0 Å². The van der Waals surface area contributed by atoms with Crippen molar-refractivity contribution in [3.63, 3.8) is 0 Å². The lowest BCUT2D eigenvalue weighted by Crippen LogP contribution is -2.50. The summed E-state index contributed by atoms with van der Waals surface area (Å²) < 4.78 is 0. The van der Waals surface area contributed by atoms with Gasteiger partial charge in [-0.05, 0) is 24.6 Å². The lowest BCUT2D eigenvalue weighted by molar-refractivity contribution is -0.129. The van der Waals surface area contributed by atoms with E-state index in [0.29, 0.717) is 0 Å². The summed E-state index contributed by atoms with van der Waals surface area (Å²) in [4.78, 5) is 15.6. The Morgan fingerprint density at radius 1 is 1.29 bits per heavy atom. The van der Waals surface area contributed by atoms with E-state index >= 15 is 0 Å². The first-order chi connectivity index (χ1) is 8.20. The summed E-state index contributed by atoms with van der Waals surface area (Å²) in [6.45, 7) is 5.51. The van der Waals surface area contributed by atoms with Crippen molar-refractivity contribution in [1.82, 2.24) is 4.90 Å². The number of amides is 1. The number of carbonyl (C=O) groups excluding carboxylic acids is 1. The molecule has 4 nitrogen and oxygen atoms in total. The molecule has 1 aliphatic heterocycles. The summed E-state index contributed by atoms with van der Waals surface area (Å²) in [6, 6.07) is 8.47. The quantitative estimate of drug-likeness (QED) is 0.814. The molecule has 1 fully saturated rings. The van der Waals surface area contributed by atoms with Crippen molar-refractivity contribution in [3.05, 3.63) is 29.8 Å². The molecule has 92 valence electrons. The van der Waals surface area contributed by atoms with E-state index in [9.17, 15) is 4.79 Å². The second kappa shape index (κ2) is 5.19. The van der Waals surface area contributed by atoms with Crippen LogP contribution < -0.4 is 10.6 Å². The van der Waals surface area contributed by atoms with Gasteiger partial charge in [0.1, 0.15) is 0 Å². The van der Waals surface area contributed by atoms with Crippen LogP contribution in [0.3, 0.4) is 0 Å². The average molecular weight is 233 g/mol. The Hall–Kier alpha value is -1.55. The first kappa shape index (κ1) is 11.9. The molecule has 0 aromatic heterocycles. The van der Waals surface area contributed by atoms with Gasteiger partial charge in [-0.15, -0.1) is 0 Å². The van der Waals surface area contributed by atoms with E-state index in [-0.39, 0.29) is 12.5 Å². The minimum Gasteiger partial charge on any atom is -0.368 e. The Bertz CT molecular complexity index is 397. The molecule has 0 unspecified atom stereocenters. The third-order valence-corrected chi connectivity index (χ3v) is 3.17. The van der Waals surface area contributed by atoms with Gasteiger partial charge in [-0.3, -0.25) is 4.79 Å². The number of hydrogen-bond donors (Lipinski definition) is 1. The van der Waals surface area contributed by atoms with Crippen LogP contribution in [0.2, 0.25) is 0 Å².